The van der Waals surface area contributed by atoms with Gasteiger partial charge < -0.3 is 17.3 Å². The second-order valence-corrected chi connectivity index (χ2v) is 9.35. The van der Waals surface area contributed by atoms with Crippen molar-refractivity contribution in [2.24, 2.45) is 0 Å². The number of nitrogens with zero attached hydrogens (tertiary/aromatic N) is 2. The minimum atomic E-state index is -6.00. The Morgan fingerprint density at radius 2 is 0.975 bits per heavy atom. The van der Waals surface area contributed by atoms with Gasteiger partial charge in [-0.3, -0.25) is 0 Å². The highest BCUT2D eigenvalue weighted by molar-refractivity contribution is 6.50. The summed E-state index contributed by atoms with van der Waals surface area (Å²) in [6.45, 7) is 0. The summed E-state index contributed by atoms with van der Waals surface area (Å²) in [7, 11) is -6.00. The molecule has 1 aliphatic rings. The Balaban J connectivity index is 0.000000595. The molecule has 0 spiro atoms. The van der Waals surface area contributed by atoms with Crippen LogP contribution in [0, 0.1) is 0 Å². The van der Waals surface area contributed by atoms with Gasteiger partial charge in [0.15, 0.2) is 12.1 Å². The third kappa shape index (κ3) is 6.32. The molecule has 0 aromatic heterocycles. The molecule has 2 nitrogen and oxygen atoms in total. The van der Waals surface area contributed by atoms with Crippen LogP contribution in [0.5, 0.6) is 0 Å². The summed E-state index contributed by atoms with van der Waals surface area (Å²) in [4.78, 5) is 2.43. The molecule has 0 radical (unpaired) electrons. The molecule has 0 saturated heterocycles. The Morgan fingerprint density at radius 1 is 0.525 bits per heavy atom. The fraction of sp³-hybridized carbons (Fsp3) is 0.0606. The van der Waals surface area contributed by atoms with E-state index in [0.717, 1.165) is 0 Å². The maximum absolute atomic E-state index is 9.75. The summed E-state index contributed by atoms with van der Waals surface area (Å²) in [5.41, 5.74) is 7.42. The molecular formula is C33H27BF4N2. The summed E-state index contributed by atoms with van der Waals surface area (Å²) in [5.74, 6) is 0. The summed E-state index contributed by atoms with van der Waals surface area (Å²) in [6.07, 6.45) is 2.30. The van der Waals surface area contributed by atoms with E-state index >= 15 is 0 Å². The minimum Gasteiger partial charge on any atom is -0.418 e. The van der Waals surface area contributed by atoms with Crippen LogP contribution >= 0.6 is 0 Å². The molecule has 40 heavy (non-hydrogen) atoms. The van der Waals surface area contributed by atoms with Crippen LogP contribution in [-0.2, 0) is 0 Å². The highest BCUT2D eigenvalue weighted by Gasteiger charge is 2.46. The average Bonchev–Trinajstić information content (AvgIpc) is 3.39. The third-order valence-corrected chi connectivity index (χ3v) is 6.75. The topological polar surface area (TPSA) is 6.25 Å². The van der Waals surface area contributed by atoms with Gasteiger partial charge in [0.2, 0.25) is 6.34 Å². The van der Waals surface area contributed by atoms with Crippen molar-refractivity contribution in [3.8, 4) is 11.1 Å². The lowest BCUT2D eigenvalue weighted by molar-refractivity contribution is -0.480. The van der Waals surface area contributed by atoms with Crippen molar-refractivity contribution < 1.29 is 21.8 Å². The molecular weight excluding hydrogens is 511 g/mol. The van der Waals surface area contributed by atoms with Crippen LogP contribution in [0.2, 0.25) is 0 Å². The molecule has 7 heteroatoms. The molecule has 1 aliphatic heterocycles. The van der Waals surface area contributed by atoms with E-state index < -0.39 is 7.25 Å². The predicted molar refractivity (Wildman–Crippen MR) is 155 cm³/mol. The Bertz CT molecular complexity index is 1540. The van der Waals surface area contributed by atoms with Gasteiger partial charge in [-0.25, -0.2) is 9.48 Å². The van der Waals surface area contributed by atoms with E-state index in [0.29, 0.717) is 0 Å². The molecule has 0 N–H and O–H groups in total. The first-order valence-electron chi connectivity index (χ1n) is 13.0. The lowest BCUT2D eigenvalue weighted by Gasteiger charge is -2.24. The van der Waals surface area contributed by atoms with E-state index in [1.807, 2.05) is 0 Å². The van der Waals surface area contributed by atoms with Gasteiger partial charge in [0, 0.05) is 16.7 Å². The number of rotatable bonds is 5. The Morgan fingerprint density at radius 3 is 1.55 bits per heavy atom. The van der Waals surface area contributed by atoms with E-state index in [9.17, 15) is 17.3 Å². The van der Waals surface area contributed by atoms with Crippen molar-refractivity contribution >= 4 is 25.0 Å². The SMILES string of the molecule is C1=[N+](c2ccccc2-c2ccccc2)[C@@H](c2ccccc2)[C@H](c2ccccc2)N1c1ccccc1.F[B-](F)(F)F. The Labute approximate surface area is 231 Å². The Hall–Kier alpha value is -4.65. The second-order valence-electron chi connectivity index (χ2n) is 9.35. The zero-order valence-electron chi connectivity index (χ0n) is 21.6. The molecule has 0 unspecified atom stereocenters. The quantitative estimate of drug-likeness (QED) is 0.123. The van der Waals surface area contributed by atoms with Crippen LogP contribution in [0.3, 0.4) is 0 Å². The molecule has 5 aromatic carbocycles. The summed E-state index contributed by atoms with van der Waals surface area (Å²) in [5, 5.41) is 0. The third-order valence-electron chi connectivity index (χ3n) is 6.75. The van der Waals surface area contributed by atoms with Crippen molar-refractivity contribution in [3.63, 3.8) is 0 Å². The maximum atomic E-state index is 9.75. The van der Waals surface area contributed by atoms with E-state index in [-0.39, 0.29) is 12.1 Å². The highest BCUT2D eigenvalue weighted by atomic mass is 19.5. The van der Waals surface area contributed by atoms with Crippen molar-refractivity contribution in [3.05, 3.63) is 157 Å². The molecule has 0 bridgehead atoms. The number of hydrogen-bond donors (Lipinski definition) is 0. The minimum absolute atomic E-state index is 0.101. The predicted octanol–water partition coefficient (Wildman–Crippen LogP) is 9.33. The van der Waals surface area contributed by atoms with Gasteiger partial charge >= 0.3 is 7.25 Å². The van der Waals surface area contributed by atoms with Gasteiger partial charge in [0.1, 0.15) is 11.4 Å². The first-order valence-corrected chi connectivity index (χ1v) is 13.0. The lowest BCUT2D eigenvalue weighted by Crippen LogP contribution is -2.26. The number of hydrogen-bond acceptors (Lipinski definition) is 1. The van der Waals surface area contributed by atoms with Crippen LogP contribution in [0.15, 0.2) is 146 Å². The van der Waals surface area contributed by atoms with Crippen LogP contribution in [0.25, 0.3) is 11.1 Å². The number of para-hydroxylation sites is 2. The van der Waals surface area contributed by atoms with Crippen molar-refractivity contribution in [2.45, 2.75) is 12.1 Å². The number of benzene rings is 5. The fourth-order valence-electron chi connectivity index (χ4n) is 5.17. The molecule has 1 heterocycles. The smallest absolute Gasteiger partial charge is 0.418 e. The van der Waals surface area contributed by atoms with Gasteiger partial charge in [0.25, 0.3) is 0 Å². The summed E-state index contributed by atoms with van der Waals surface area (Å²) >= 11 is 0. The molecule has 0 fully saturated rings. The zero-order valence-corrected chi connectivity index (χ0v) is 21.6. The van der Waals surface area contributed by atoms with Gasteiger partial charge in [0.05, 0.1) is 0 Å². The van der Waals surface area contributed by atoms with Crippen molar-refractivity contribution in [2.75, 3.05) is 4.90 Å². The Kier molecular flexibility index (Phi) is 8.11. The monoisotopic (exact) mass is 538 g/mol. The molecule has 0 saturated carbocycles. The first-order chi connectivity index (χ1) is 19.4. The van der Waals surface area contributed by atoms with E-state index in [2.05, 4.69) is 161 Å². The van der Waals surface area contributed by atoms with Gasteiger partial charge in [-0.05, 0) is 23.8 Å². The molecule has 0 aliphatic carbocycles. The number of halogens is 4. The molecule has 2 atom stereocenters. The lowest BCUT2D eigenvalue weighted by atomic mass is 9.92. The molecule has 200 valence electrons. The van der Waals surface area contributed by atoms with E-state index in [1.54, 1.807) is 0 Å². The first kappa shape index (κ1) is 26.9. The van der Waals surface area contributed by atoms with Gasteiger partial charge in [-0.15, -0.1) is 0 Å². The largest absolute Gasteiger partial charge is 0.673 e. The fourth-order valence-corrected chi connectivity index (χ4v) is 5.17. The second kappa shape index (κ2) is 12.0. The standard InChI is InChI=1S/C33H27N2.BF4/c1-5-15-26(16-6-1)30-23-13-14-24-31(30)35-25-34(29-21-11-4-12-22-29)32(27-17-7-2-8-18-27)33(35)28-19-9-3-10-20-28;2-1(3,4)5/h1-25,32-33H;/q+1;-1/t32-,33-;/m0./s1. The van der Waals surface area contributed by atoms with Gasteiger partial charge in [-0.1, -0.05) is 127 Å². The van der Waals surface area contributed by atoms with Crippen LogP contribution in [0.1, 0.15) is 23.2 Å². The van der Waals surface area contributed by atoms with Crippen LogP contribution in [0.4, 0.5) is 28.6 Å². The zero-order chi connectivity index (χ0) is 28.0. The molecule has 5 aromatic rings. The van der Waals surface area contributed by atoms with Crippen LogP contribution in [-0.4, -0.2) is 18.2 Å². The number of anilines is 1. The van der Waals surface area contributed by atoms with E-state index in [1.165, 1.54) is 33.6 Å². The maximum Gasteiger partial charge on any atom is 0.673 e. The summed E-state index contributed by atoms with van der Waals surface area (Å²) in [6, 6.07) is 52.1. The molecule has 6 rings (SSSR count). The summed E-state index contributed by atoms with van der Waals surface area (Å²) < 4.78 is 41.5. The van der Waals surface area contributed by atoms with E-state index in [4.69, 9.17) is 0 Å². The van der Waals surface area contributed by atoms with Crippen molar-refractivity contribution in [1.29, 1.82) is 0 Å². The highest BCUT2D eigenvalue weighted by Crippen LogP contribution is 2.46. The van der Waals surface area contributed by atoms with Gasteiger partial charge in [-0.2, -0.15) is 0 Å². The van der Waals surface area contributed by atoms with Crippen molar-refractivity contribution in [1.82, 2.24) is 0 Å². The normalized spacial score (nSPS) is 16.6. The van der Waals surface area contributed by atoms with Crippen LogP contribution < -0.4 is 4.90 Å². The molecule has 0 amide bonds. The average molecular weight is 538 g/mol.